The fourth-order valence-corrected chi connectivity index (χ4v) is 3.22. The summed E-state index contributed by atoms with van der Waals surface area (Å²) in [6.07, 6.45) is 0. The Bertz CT molecular complexity index is 1170. The lowest BCUT2D eigenvalue weighted by molar-refractivity contribution is 0.102. The second kappa shape index (κ2) is 6.53. The second-order valence-electron chi connectivity index (χ2n) is 6.15. The van der Waals surface area contributed by atoms with Crippen LogP contribution in [-0.4, -0.2) is 23.2 Å². The van der Waals surface area contributed by atoms with E-state index in [4.69, 9.17) is 4.74 Å². The lowest BCUT2D eigenvalue weighted by Gasteiger charge is -2.14. The zero-order chi connectivity index (χ0) is 19.0. The molecule has 0 atom stereocenters. The summed E-state index contributed by atoms with van der Waals surface area (Å²) in [7, 11) is 1.56. The Morgan fingerprint density at radius 1 is 0.815 bits per heavy atom. The highest BCUT2D eigenvalue weighted by molar-refractivity contribution is 6.17. The molecule has 0 saturated carbocycles. The first-order chi connectivity index (χ1) is 13.1. The Kier molecular flexibility index (Phi) is 4.05. The highest BCUT2D eigenvalue weighted by Gasteiger charge is 2.17. The van der Waals surface area contributed by atoms with Gasteiger partial charge in [-0.1, -0.05) is 36.4 Å². The highest BCUT2D eigenvalue weighted by atomic mass is 16.5. The molecular weight excluding hydrogens is 342 g/mol. The number of anilines is 1. The number of aromatic hydroxyl groups is 2. The Hall–Kier alpha value is -3.73. The first-order valence-electron chi connectivity index (χ1n) is 8.41. The second-order valence-corrected chi connectivity index (χ2v) is 6.15. The number of rotatable bonds is 3. The molecule has 0 fully saturated rings. The molecule has 0 radical (unpaired) electrons. The molecule has 0 aromatic heterocycles. The monoisotopic (exact) mass is 359 g/mol. The molecule has 5 nitrogen and oxygen atoms in total. The van der Waals surface area contributed by atoms with Gasteiger partial charge < -0.3 is 20.3 Å². The Morgan fingerprint density at radius 3 is 2.11 bits per heavy atom. The standard InChI is InChI=1S/C22H17NO4/c1-27-14-11-9-13(10-12-14)22(26)23-18-8-4-7-17-19(18)21(25)16-6-3-2-5-15(16)20(17)24/h2-12,24-25H,1H3,(H,23,26). The molecule has 134 valence electrons. The third-order valence-corrected chi connectivity index (χ3v) is 4.59. The molecule has 0 aliphatic carbocycles. The minimum Gasteiger partial charge on any atom is -0.507 e. The van der Waals surface area contributed by atoms with E-state index in [0.29, 0.717) is 38.5 Å². The molecule has 3 N–H and O–H groups in total. The Balaban J connectivity index is 1.83. The zero-order valence-electron chi connectivity index (χ0n) is 14.6. The van der Waals surface area contributed by atoms with Crippen LogP contribution in [0, 0.1) is 0 Å². The van der Waals surface area contributed by atoms with Crippen molar-refractivity contribution in [2.75, 3.05) is 12.4 Å². The maximum atomic E-state index is 12.6. The van der Waals surface area contributed by atoms with Gasteiger partial charge in [0.1, 0.15) is 17.2 Å². The number of methoxy groups -OCH3 is 1. The van der Waals surface area contributed by atoms with Crippen molar-refractivity contribution in [2.24, 2.45) is 0 Å². The van der Waals surface area contributed by atoms with Gasteiger partial charge in [-0.2, -0.15) is 0 Å². The molecule has 0 saturated heterocycles. The molecule has 0 heterocycles. The predicted molar refractivity (Wildman–Crippen MR) is 106 cm³/mol. The number of ether oxygens (including phenoxy) is 1. The molecule has 0 spiro atoms. The number of nitrogens with one attached hydrogen (secondary N) is 1. The van der Waals surface area contributed by atoms with E-state index in [1.807, 2.05) is 0 Å². The van der Waals surface area contributed by atoms with E-state index in [0.717, 1.165) is 0 Å². The van der Waals surface area contributed by atoms with E-state index in [2.05, 4.69) is 5.32 Å². The number of fused-ring (bicyclic) bond motifs is 2. The van der Waals surface area contributed by atoms with E-state index in [1.165, 1.54) is 0 Å². The van der Waals surface area contributed by atoms with Gasteiger partial charge in [0.25, 0.3) is 5.91 Å². The van der Waals surface area contributed by atoms with E-state index < -0.39 is 0 Å². The van der Waals surface area contributed by atoms with Crippen molar-refractivity contribution in [3.05, 3.63) is 72.3 Å². The number of carbonyl (C=O) groups excluding carboxylic acids is 1. The number of carbonyl (C=O) groups is 1. The van der Waals surface area contributed by atoms with Gasteiger partial charge in [-0.05, 0) is 30.3 Å². The van der Waals surface area contributed by atoms with Crippen LogP contribution in [0.15, 0.2) is 66.7 Å². The third kappa shape index (κ3) is 2.79. The molecule has 5 heteroatoms. The normalized spacial score (nSPS) is 10.9. The van der Waals surface area contributed by atoms with Crippen molar-refractivity contribution in [1.82, 2.24) is 0 Å². The average Bonchev–Trinajstić information content (AvgIpc) is 2.72. The van der Waals surface area contributed by atoms with Crippen LogP contribution in [0.4, 0.5) is 5.69 Å². The minimum absolute atomic E-state index is 0.0176. The summed E-state index contributed by atoms with van der Waals surface area (Å²) in [5.41, 5.74) is 0.879. The summed E-state index contributed by atoms with van der Waals surface area (Å²) in [6, 6.07) is 18.9. The van der Waals surface area contributed by atoms with E-state index >= 15 is 0 Å². The molecule has 27 heavy (non-hydrogen) atoms. The van der Waals surface area contributed by atoms with Gasteiger partial charge in [0.05, 0.1) is 18.2 Å². The molecular formula is C22H17NO4. The van der Waals surface area contributed by atoms with Crippen LogP contribution in [0.5, 0.6) is 17.2 Å². The topological polar surface area (TPSA) is 78.8 Å². The summed E-state index contributed by atoms with van der Waals surface area (Å²) in [6.45, 7) is 0. The van der Waals surface area contributed by atoms with Crippen molar-refractivity contribution in [2.45, 2.75) is 0 Å². The molecule has 0 aliphatic heterocycles. The minimum atomic E-state index is -0.322. The van der Waals surface area contributed by atoms with Gasteiger partial charge in [-0.15, -0.1) is 0 Å². The molecule has 4 rings (SSSR count). The van der Waals surface area contributed by atoms with Crippen molar-refractivity contribution >= 4 is 33.1 Å². The summed E-state index contributed by atoms with van der Waals surface area (Å²) >= 11 is 0. The van der Waals surface area contributed by atoms with Gasteiger partial charge in [-0.25, -0.2) is 0 Å². The van der Waals surface area contributed by atoms with Crippen LogP contribution in [0.1, 0.15) is 10.4 Å². The summed E-state index contributed by atoms with van der Waals surface area (Å²) < 4.78 is 5.10. The average molecular weight is 359 g/mol. The fraction of sp³-hybridized carbons (Fsp3) is 0.0455. The fourth-order valence-electron chi connectivity index (χ4n) is 3.22. The van der Waals surface area contributed by atoms with Crippen molar-refractivity contribution in [3.63, 3.8) is 0 Å². The molecule has 0 unspecified atom stereocenters. The number of phenolic OH excluding ortho intramolecular Hbond substituents is 2. The first-order valence-corrected chi connectivity index (χ1v) is 8.41. The smallest absolute Gasteiger partial charge is 0.255 e. The van der Waals surface area contributed by atoms with Crippen LogP contribution < -0.4 is 10.1 Å². The van der Waals surface area contributed by atoms with Gasteiger partial charge in [-0.3, -0.25) is 4.79 Å². The van der Waals surface area contributed by atoms with Crippen LogP contribution in [0.3, 0.4) is 0 Å². The number of benzene rings is 4. The Morgan fingerprint density at radius 2 is 1.44 bits per heavy atom. The van der Waals surface area contributed by atoms with E-state index in [1.54, 1.807) is 73.8 Å². The van der Waals surface area contributed by atoms with Crippen molar-refractivity contribution in [3.8, 4) is 17.2 Å². The zero-order valence-corrected chi connectivity index (χ0v) is 14.6. The molecule has 0 aliphatic rings. The summed E-state index contributed by atoms with van der Waals surface area (Å²) in [4.78, 5) is 12.6. The number of amides is 1. The van der Waals surface area contributed by atoms with E-state index in [9.17, 15) is 15.0 Å². The van der Waals surface area contributed by atoms with Gasteiger partial charge in [0, 0.05) is 21.7 Å². The number of phenols is 2. The van der Waals surface area contributed by atoms with Crippen LogP contribution in [0.25, 0.3) is 21.5 Å². The molecule has 4 aromatic carbocycles. The highest BCUT2D eigenvalue weighted by Crippen LogP contribution is 2.44. The molecule has 0 bridgehead atoms. The molecule has 4 aromatic rings. The van der Waals surface area contributed by atoms with Crippen molar-refractivity contribution < 1.29 is 19.7 Å². The molecule has 1 amide bonds. The Labute approximate surface area is 155 Å². The number of hydrogen-bond acceptors (Lipinski definition) is 4. The van der Waals surface area contributed by atoms with Gasteiger partial charge >= 0.3 is 0 Å². The predicted octanol–water partition coefficient (Wildman–Crippen LogP) is 4.67. The SMILES string of the molecule is COc1ccc(C(=O)Nc2cccc3c(O)c4ccccc4c(O)c23)cc1. The van der Waals surface area contributed by atoms with Crippen molar-refractivity contribution in [1.29, 1.82) is 0 Å². The summed E-state index contributed by atoms with van der Waals surface area (Å²) in [5.74, 6) is 0.422. The van der Waals surface area contributed by atoms with Crippen LogP contribution in [0.2, 0.25) is 0 Å². The maximum Gasteiger partial charge on any atom is 0.255 e. The van der Waals surface area contributed by atoms with Crippen LogP contribution in [-0.2, 0) is 0 Å². The largest absolute Gasteiger partial charge is 0.507 e. The number of hydrogen-bond donors (Lipinski definition) is 3. The summed E-state index contributed by atoms with van der Waals surface area (Å²) in [5, 5.41) is 26.2. The van der Waals surface area contributed by atoms with Gasteiger partial charge in [0.15, 0.2) is 0 Å². The lowest BCUT2D eigenvalue weighted by Crippen LogP contribution is -2.12. The van der Waals surface area contributed by atoms with Gasteiger partial charge in [0.2, 0.25) is 0 Å². The van der Waals surface area contributed by atoms with Crippen LogP contribution >= 0.6 is 0 Å². The first kappa shape index (κ1) is 16.7. The lowest BCUT2D eigenvalue weighted by atomic mass is 9.99. The maximum absolute atomic E-state index is 12.6. The quantitative estimate of drug-likeness (QED) is 0.367. The van der Waals surface area contributed by atoms with E-state index in [-0.39, 0.29) is 17.4 Å². The third-order valence-electron chi connectivity index (χ3n) is 4.59.